The maximum atomic E-state index is 12.2. The van der Waals surface area contributed by atoms with Gasteiger partial charge in [0.15, 0.2) is 5.69 Å². The van der Waals surface area contributed by atoms with Gasteiger partial charge in [0.05, 0.1) is 7.11 Å². The second kappa shape index (κ2) is 9.47. The van der Waals surface area contributed by atoms with Gasteiger partial charge in [-0.05, 0) is 46.4 Å². The molecule has 1 heterocycles. The summed E-state index contributed by atoms with van der Waals surface area (Å²) in [6, 6.07) is 18.3. The number of alkyl carbamates (subject to hydrolysis) is 1. The van der Waals surface area contributed by atoms with Gasteiger partial charge in [0.1, 0.15) is 6.61 Å². The van der Waals surface area contributed by atoms with Gasteiger partial charge in [-0.25, -0.2) is 14.6 Å². The van der Waals surface area contributed by atoms with E-state index in [4.69, 9.17) is 9.47 Å². The van der Waals surface area contributed by atoms with Crippen molar-refractivity contribution < 1.29 is 19.1 Å². The van der Waals surface area contributed by atoms with Crippen LogP contribution in [-0.2, 0) is 9.47 Å². The molecule has 0 saturated heterocycles. The lowest BCUT2D eigenvalue weighted by Gasteiger charge is -2.14. The van der Waals surface area contributed by atoms with E-state index in [1.807, 2.05) is 36.4 Å². The summed E-state index contributed by atoms with van der Waals surface area (Å²) in [4.78, 5) is 28.0. The molecule has 0 atom stereocenters. The van der Waals surface area contributed by atoms with Crippen LogP contribution in [0.3, 0.4) is 0 Å². The molecule has 162 valence electrons. The van der Waals surface area contributed by atoms with Crippen LogP contribution in [0.15, 0.2) is 66.9 Å². The number of benzene rings is 2. The molecule has 2 aromatic carbocycles. The molecule has 1 aliphatic rings. The molecule has 0 fully saturated rings. The van der Waals surface area contributed by atoms with Crippen molar-refractivity contribution >= 4 is 18.1 Å². The van der Waals surface area contributed by atoms with Gasteiger partial charge in [0, 0.05) is 18.7 Å². The topological polar surface area (TPSA) is 77.5 Å². The Labute approximate surface area is 186 Å². The zero-order valence-electron chi connectivity index (χ0n) is 18.0. The van der Waals surface area contributed by atoms with Gasteiger partial charge >= 0.3 is 12.1 Å². The maximum Gasteiger partial charge on any atom is 0.407 e. The summed E-state index contributed by atoms with van der Waals surface area (Å²) in [5.41, 5.74) is 6.60. The minimum absolute atomic E-state index is 0.0334. The molecule has 0 spiro atoms. The van der Waals surface area contributed by atoms with E-state index in [2.05, 4.69) is 34.6 Å². The molecule has 0 bridgehead atoms. The number of fused-ring (bicyclic) bond motifs is 3. The predicted molar refractivity (Wildman–Crippen MR) is 122 cm³/mol. The number of aryl methyl sites for hydroxylation is 1. The number of hydrogen-bond donors (Lipinski definition) is 1. The molecule has 1 amide bonds. The molecule has 32 heavy (non-hydrogen) atoms. The minimum Gasteiger partial charge on any atom is -0.464 e. The second-order valence-corrected chi connectivity index (χ2v) is 7.53. The molecule has 4 rings (SSSR count). The first kappa shape index (κ1) is 21.3. The highest BCUT2D eigenvalue weighted by Crippen LogP contribution is 2.44. The van der Waals surface area contributed by atoms with E-state index in [9.17, 15) is 9.59 Å². The summed E-state index contributed by atoms with van der Waals surface area (Å²) >= 11 is 0. The third-order valence-electron chi connectivity index (χ3n) is 5.50. The fourth-order valence-electron chi connectivity index (χ4n) is 3.98. The first-order valence-electron chi connectivity index (χ1n) is 10.4. The number of ether oxygens (including phenoxy) is 2. The lowest BCUT2D eigenvalue weighted by Crippen LogP contribution is -2.26. The van der Waals surface area contributed by atoms with Crippen molar-refractivity contribution in [3.8, 4) is 11.1 Å². The average molecular weight is 428 g/mol. The molecule has 0 unspecified atom stereocenters. The van der Waals surface area contributed by atoms with E-state index in [0.717, 1.165) is 11.1 Å². The minimum atomic E-state index is -0.466. The van der Waals surface area contributed by atoms with Crippen molar-refractivity contribution in [2.24, 2.45) is 0 Å². The van der Waals surface area contributed by atoms with Crippen LogP contribution in [0.4, 0.5) is 4.79 Å². The quantitative estimate of drug-likeness (QED) is 0.575. The SMILES string of the molecule is COC(=O)c1ncc(C=CCNC(=O)OCC2c3ccccc3-c3ccccc32)cc1C. The number of pyridine rings is 1. The molecule has 1 aromatic heterocycles. The molecular formula is C26H24N2O4. The molecular weight excluding hydrogens is 404 g/mol. The van der Waals surface area contributed by atoms with Crippen LogP contribution in [0.5, 0.6) is 0 Å². The Bertz CT molecular complexity index is 1140. The fraction of sp³-hybridized carbons (Fsp3) is 0.192. The summed E-state index contributed by atoms with van der Waals surface area (Å²) in [5.74, 6) is -0.430. The van der Waals surface area contributed by atoms with Crippen LogP contribution in [0.25, 0.3) is 17.2 Å². The smallest absolute Gasteiger partial charge is 0.407 e. The zero-order valence-corrected chi connectivity index (χ0v) is 18.0. The van der Waals surface area contributed by atoms with Crippen LogP contribution >= 0.6 is 0 Å². The third-order valence-corrected chi connectivity index (χ3v) is 5.50. The largest absolute Gasteiger partial charge is 0.464 e. The first-order chi connectivity index (χ1) is 15.6. The lowest BCUT2D eigenvalue weighted by atomic mass is 9.98. The Hall–Kier alpha value is -3.93. The molecule has 0 aliphatic heterocycles. The highest BCUT2D eigenvalue weighted by atomic mass is 16.5. The Balaban J connectivity index is 1.31. The highest BCUT2D eigenvalue weighted by Gasteiger charge is 2.28. The summed E-state index contributed by atoms with van der Waals surface area (Å²) in [6.07, 6.45) is 4.75. The number of carbonyl (C=O) groups is 2. The van der Waals surface area contributed by atoms with Gasteiger partial charge in [0.2, 0.25) is 0 Å². The van der Waals surface area contributed by atoms with E-state index in [1.165, 1.54) is 29.4 Å². The number of nitrogens with zero attached hydrogens (tertiary/aromatic N) is 1. The van der Waals surface area contributed by atoms with Gasteiger partial charge in [-0.3, -0.25) is 0 Å². The number of esters is 1. The lowest BCUT2D eigenvalue weighted by molar-refractivity contribution is 0.0593. The standard InChI is InChI=1S/C26H24N2O4/c1-17-14-18(15-28-24(17)25(29)31-2)8-7-13-27-26(30)32-16-23-21-11-5-3-9-19(21)20-10-4-6-12-22(20)23/h3-12,14-15,23H,13,16H2,1-2H3,(H,27,30). The highest BCUT2D eigenvalue weighted by molar-refractivity contribution is 5.88. The van der Waals surface area contributed by atoms with E-state index >= 15 is 0 Å². The van der Waals surface area contributed by atoms with Crippen molar-refractivity contribution in [3.05, 3.63) is 94.8 Å². The molecule has 6 heteroatoms. The zero-order chi connectivity index (χ0) is 22.5. The Kier molecular flexibility index (Phi) is 6.31. The molecule has 1 N–H and O–H groups in total. The van der Waals surface area contributed by atoms with Crippen molar-refractivity contribution in [1.29, 1.82) is 0 Å². The number of methoxy groups -OCH3 is 1. The maximum absolute atomic E-state index is 12.2. The number of aromatic nitrogens is 1. The van der Waals surface area contributed by atoms with E-state index in [1.54, 1.807) is 19.2 Å². The van der Waals surface area contributed by atoms with Gasteiger partial charge in [0.25, 0.3) is 0 Å². The molecule has 0 saturated carbocycles. The van der Waals surface area contributed by atoms with Crippen LogP contribution in [0.2, 0.25) is 0 Å². The van der Waals surface area contributed by atoms with E-state index < -0.39 is 12.1 Å². The number of amides is 1. The second-order valence-electron chi connectivity index (χ2n) is 7.53. The molecule has 3 aromatic rings. The fourth-order valence-corrected chi connectivity index (χ4v) is 3.98. The number of hydrogen-bond acceptors (Lipinski definition) is 5. The van der Waals surface area contributed by atoms with Crippen molar-refractivity contribution in [2.45, 2.75) is 12.8 Å². The summed E-state index contributed by atoms with van der Waals surface area (Å²) < 4.78 is 10.2. The van der Waals surface area contributed by atoms with Crippen molar-refractivity contribution in [1.82, 2.24) is 10.3 Å². The summed E-state index contributed by atoms with van der Waals surface area (Å²) in [6.45, 7) is 2.39. The van der Waals surface area contributed by atoms with Gasteiger partial charge < -0.3 is 14.8 Å². The van der Waals surface area contributed by atoms with Gasteiger partial charge in [-0.15, -0.1) is 0 Å². The summed E-state index contributed by atoms with van der Waals surface area (Å²) in [5, 5.41) is 2.74. The third kappa shape index (κ3) is 4.39. The van der Waals surface area contributed by atoms with Gasteiger partial charge in [-0.1, -0.05) is 60.7 Å². The van der Waals surface area contributed by atoms with Crippen LogP contribution in [-0.4, -0.2) is 37.3 Å². The van der Waals surface area contributed by atoms with E-state index in [0.29, 0.717) is 12.2 Å². The van der Waals surface area contributed by atoms with Gasteiger partial charge in [-0.2, -0.15) is 0 Å². The predicted octanol–water partition coefficient (Wildman–Crippen LogP) is 4.73. The van der Waals surface area contributed by atoms with Crippen molar-refractivity contribution in [3.63, 3.8) is 0 Å². The van der Waals surface area contributed by atoms with E-state index in [-0.39, 0.29) is 12.5 Å². The Morgan fingerprint density at radius 3 is 2.34 bits per heavy atom. The Morgan fingerprint density at radius 2 is 1.72 bits per heavy atom. The van der Waals surface area contributed by atoms with Crippen LogP contribution in [0, 0.1) is 6.92 Å². The van der Waals surface area contributed by atoms with Crippen LogP contribution in [0.1, 0.15) is 38.7 Å². The molecule has 1 aliphatic carbocycles. The summed E-state index contributed by atoms with van der Waals surface area (Å²) in [7, 11) is 1.33. The monoisotopic (exact) mass is 428 g/mol. The first-order valence-corrected chi connectivity index (χ1v) is 10.4. The molecule has 6 nitrogen and oxygen atoms in total. The number of rotatable bonds is 6. The normalized spacial score (nSPS) is 12.3. The molecule has 0 radical (unpaired) electrons. The average Bonchev–Trinajstić information content (AvgIpc) is 3.14. The number of carbonyl (C=O) groups excluding carboxylic acids is 2. The Morgan fingerprint density at radius 1 is 1.06 bits per heavy atom. The van der Waals surface area contributed by atoms with Crippen LogP contribution < -0.4 is 5.32 Å². The number of nitrogens with one attached hydrogen (secondary N) is 1. The van der Waals surface area contributed by atoms with Crippen molar-refractivity contribution in [2.75, 3.05) is 20.3 Å².